The second kappa shape index (κ2) is 7.94. The number of hydrogen-bond donors (Lipinski definition) is 2. The monoisotopic (exact) mass is 414 g/mol. The lowest BCUT2D eigenvalue weighted by molar-refractivity contribution is -0.126. The predicted molar refractivity (Wildman–Crippen MR) is 95.6 cm³/mol. The highest BCUT2D eigenvalue weighted by atomic mass is 127. The standard InChI is InChI=1S/C17H23IN2O2/c1-11(2)19-16(21)12-6-5-7-13(10-12)20-17(22)14-8-3-4-9-15(14)18/h3-4,8-9,11-13H,5-7,10H2,1-2H3,(H,19,21)(H,20,22). The van der Waals surface area contributed by atoms with E-state index in [2.05, 4.69) is 33.2 Å². The minimum absolute atomic E-state index is 0.0105. The molecule has 120 valence electrons. The maximum absolute atomic E-state index is 12.4. The Labute approximate surface area is 145 Å². The van der Waals surface area contributed by atoms with Crippen molar-refractivity contribution in [1.82, 2.24) is 10.6 Å². The first-order chi connectivity index (χ1) is 10.5. The topological polar surface area (TPSA) is 58.2 Å². The molecule has 1 aromatic rings. The molecule has 22 heavy (non-hydrogen) atoms. The molecule has 0 heterocycles. The number of amides is 2. The SMILES string of the molecule is CC(C)NC(=O)C1CCCC(NC(=O)c2ccccc2I)C1. The molecule has 0 radical (unpaired) electrons. The van der Waals surface area contributed by atoms with Crippen LogP contribution in [0, 0.1) is 9.49 Å². The van der Waals surface area contributed by atoms with Crippen LogP contribution < -0.4 is 10.6 Å². The average molecular weight is 414 g/mol. The van der Waals surface area contributed by atoms with Gasteiger partial charge in [-0.1, -0.05) is 18.6 Å². The molecular formula is C17H23IN2O2. The third-order valence-corrected chi connectivity index (χ3v) is 4.87. The van der Waals surface area contributed by atoms with Gasteiger partial charge in [-0.2, -0.15) is 0 Å². The predicted octanol–water partition coefficient (Wildman–Crippen LogP) is 3.10. The number of halogens is 1. The van der Waals surface area contributed by atoms with Crippen molar-refractivity contribution in [3.63, 3.8) is 0 Å². The van der Waals surface area contributed by atoms with E-state index in [-0.39, 0.29) is 29.8 Å². The number of hydrogen-bond acceptors (Lipinski definition) is 2. The van der Waals surface area contributed by atoms with E-state index in [9.17, 15) is 9.59 Å². The molecular weight excluding hydrogens is 391 g/mol. The Bertz CT molecular complexity index is 545. The van der Waals surface area contributed by atoms with Gasteiger partial charge in [-0.3, -0.25) is 9.59 Å². The van der Waals surface area contributed by atoms with Gasteiger partial charge in [-0.25, -0.2) is 0 Å². The fourth-order valence-electron chi connectivity index (χ4n) is 2.87. The summed E-state index contributed by atoms with van der Waals surface area (Å²) in [6.45, 7) is 3.94. The van der Waals surface area contributed by atoms with Crippen LogP contribution in [0.3, 0.4) is 0 Å². The Hall–Kier alpha value is -1.11. The molecule has 0 bridgehead atoms. The lowest BCUT2D eigenvalue weighted by Gasteiger charge is -2.29. The zero-order chi connectivity index (χ0) is 16.1. The van der Waals surface area contributed by atoms with E-state index < -0.39 is 0 Å². The summed E-state index contributed by atoms with van der Waals surface area (Å²) in [5.74, 6) is 0.0828. The zero-order valence-corrected chi connectivity index (χ0v) is 15.2. The van der Waals surface area contributed by atoms with Crippen LogP contribution in [0.5, 0.6) is 0 Å². The minimum Gasteiger partial charge on any atom is -0.354 e. The van der Waals surface area contributed by atoms with Crippen LogP contribution in [-0.2, 0) is 4.79 Å². The Morgan fingerprint density at radius 3 is 2.64 bits per heavy atom. The van der Waals surface area contributed by atoms with Crippen LogP contribution in [0.15, 0.2) is 24.3 Å². The van der Waals surface area contributed by atoms with Crippen LogP contribution in [0.2, 0.25) is 0 Å². The summed E-state index contributed by atoms with van der Waals surface area (Å²) in [4.78, 5) is 24.5. The lowest BCUT2D eigenvalue weighted by Crippen LogP contribution is -2.43. The van der Waals surface area contributed by atoms with E-state index in [1.807, 2.05) is 38.1 Å². The van der Waals surface area contributed by atoms with Crippen molar-refractivity contribution in [1.29, 1.82) is 0 Å². The van der Waals surface area contributed by atoms with E-state index in [1.165, 1.54) is 0 Å². The van der Waals surface area contributed by atoms with Crippen molar-refractivity contribution in [3.8, 4) is 0 Å². The molecule has 2 rings (SSSR count). The van der Waals surface area contributed by atoms with Gasteiger partial charge >= 0.3 is 0 Å². The third-order valence-electron chi connectivity index (χ3n) is 3.93. The van der Waals surface area contributed by atoms with Crippen LogP contribution >= 0.6 is 22.6 Å². The normalized spacial score (nSPS) is 21.5. The minimum atomic E-state index is -0.0417. The zero-order valence-electron chi connectivity index (χ0n) is 13.1. The number of nitrogens with one attached hydrogen (secondary N) is 2. The summed E-state index contributed by atoms with van der Waals surface area (Å²) in [5, 5.41) is 6.06. The summed E-state index contributed by atoms with van der Waals surface area (Å²) in [6.07, 6.45) is 3.56. The van der Waals surface area contributed by atoms with Crippen molar-refractivity contribution in [2.45, 2.75) is 51.6 Å². The van der Waals surface area contributed by atoms with E-state index in [4.69, 9.17) is 0 Å². The van der Waals surface area contributed by atoms with Crippen LogP contribution in [0.4, 0.5) is 0 Å². The molecule has 1 saturated carbocycles. The molecule has 2 unspecified atom stereocenters. The lowest BCUT2D eigenvalue weighted by atomic mass is 9.85. The Balaban J connectivity index is 1.94. The third kappa shape index (κ3) is 4.69. The van der Waals surface area contributed by atoms with Gasteiger partial charge in [0.1, 0.15) is 0 Å². The molecule has 1 aliphatic carbocycles. The number of rotatable bonds is 4. The smallest absolute Gasteiger partial charge is 0.252 e. The summed E-state index contributed by atoms with van der Waals surface area (Å²) in [5.41, 5.74) is 0.705. The molecule has 0 aliphatic heterocycles. The Morgan fingerprint density at radius 1 is 1.23 bits per heavy atom. The fraction of sp³-hybridized carbons (Fsp3) is 0.529. The highest BCUT2D eigenvalue weighted by Crippen LogP contribution is 2.25. The van der Waals surface area contributed by atoms with Crippen molar-refractivity contribution >= 4 is 34.4 Å². The van der Waals surface area contributed by atoms with Gasteiger partial charge in [0.25, 0.3) is 5.91 Å². The molecule has 1 aromatic carbocycles. The summed E-state index contributed by atoms with van der Waals surface area (Å²) in [6, 6.07) is 7.80. The highest BCUT2D eigenvalue weighted by Gasteiger charge is 2.28. The van der Waals surface area contributed by atoms with Gasteiger partial charge < -0.3 is 10.6 Å². The van der Waals surface area contributed by atoms with Gasteiger partial charge in [0, 0.05) is 21.6 Å². The number of benzene rings is 1. The highest BCUT2D eigenvalue weighted by molar-refractivity contribution is 14.1. The molecule has 4 nitrogen and oxygen atoms in total. The van der Waals surface area contributed by atoms with Gasteiger partial charge in [0.15, 0.2) is 0 Å². The summed E-state index contributed by atoms with van der Waals surface area (Å²) >= 11 is 2.17. The number of carbonyl (C=O) groups is 2. The van der Waals surface area contributed by atoms with E-state index in [0.717, 1.165) is 29.3 Å². The van der Waals surface area contributed by atoms with Gasteiger partial charge in [0.05, 0.1) is 5.56 Å². The maximum atomic E-state index is 12.4. The van der Waals surface area contributed by atoms with E-state index >= 15 is 0 Å². The van der Waals surface area contributed by atoms with E-state index in [1.54, 1.807) is 0 Å². The second-order valence-electron chi connectivity index (χ2n) is 6.18. The molecule has 0 aromatic heterocycles. The quantitative estimate of drug-likeness (QED) is 0.745. The van der Waals surface area contributed by atoms with Crippen LogP contribution in [0.25, 0.3) is 0 Å². The van der Waals surface area contributed by atoms with Crippen molar-refractivity contribution < 1.29 is 9.59 Å². The largest absolute Gasteiger partial charge is 0.354 e. The number of carbonyl (C=O) groups excluding carboxylic acids is 2. The molecule has 1 aliphatic rings. The van der Waals surface area contributed by atoms with Crippen LogP contribution in [-0.4, -0.2) is 23.9 Å². The molecule has 2 N–H and O–H groups in total. The summed E-state index contributed by atoms with van der Waals surface area (Å²) < 4.78 is 0.947. The Morgan fingerprint density at radius 2 is 1.95 bits per heavy atom. The Kier molecular flexibility index (Phi) is 6.23. The maximum Gasteiger partial charge on any atom is 0.252 e. The molecule has 2 atom stereocenters. The van der Waals surface area contributed by atoms with Gasteiger partial charge in [-0.15, -0.1) is 0 Å². The van der Waals surface area contributed by atoms with Gasteiger partial charge in [-0.05, 0) is 67.8 Å². The van der Waals surface area contributed by atoms with Crippen molar-refractivity contribution in [2.75, 3.05) is 0 Å². The molecule has 2 amide bonds. The fourth-order valence-corrected chi connectivity index (χ4v) is 3.50. The molecule has 0 spiro atoms. The van der Waals surface area contributed by atoms with Crippen LogP contribution in [0.1, 0.15) is 49.9 Å². The first-order valence-corrected chi connectivity index (χ1v) is 8.91. The second-order valence-corrected chi connectivity index (χ2v) is 7.34. The molecule has 5 heteroatoms. The molecule has 0 saturated heterocycles. The van der Waals surface area contributed by atoms with Crippen molar-refractivity contribution in [3.05, 3.63) is 33.4 Å². The average Bonchev–Trinajstić information content (AvgIpc) is 2.47. The van der Waals surface area contributed by atoms with Crippen molar-refractivity contribution in [2.24, 2.45) is 5.92 Å². The molecule has 1 fully saturated rings. The van der Waals surface area contributed by atoms with Gasteiger partial charge in [0.2, 0.25) is 5.91 Å². The first-order valence-electron chi connectivity index (χ1n) is 7.83. The summed E-state index contributed by atoms with van der Waals surface area (Å²) in [7, 11) is 0. The first kappa shape index (κ1) is 17.2. The van der Waals surface area contributed by atoms with E-state index in [0.29, 0.717) is 5.56 Å².